The first kappa shape index (κ1) is 21.9. The Bertz CT molecular complexity index is 565. The Balaban J connectivity index is 0.00000312. The molecule has 1 saturated heterocycles. The molecule has 0 bridgehead atoms. The molecular formula is C16H23F4IN4. The van der Waals surface area contributed by atoms with Crippen molar-refractivity contribution in [2.24, 2.45) is 4.99 Å². The first-order chi connectivity index (χ1) is 11.4. The molecule has 0 radical (unpaired) electrons. The molecule has 4 nitrogen and oxygen atoms in total. The second kappa shape index (κ2) is 10.1. The lowest BCUT2D eigenvalue weighted by molar-refractivity contribution is -0.143. The van der Waals surface area contributed by atoms with Crippen LogP contribution in [0.3, 0.4) is 0 Å². The van der Waals surface area contributed by atoms with Gasteiger partial charge in [0.15, 0.2) is 5.96 Å². The van der Waals surface area contributed by atoms with Crippen molar-refractivity contribution < 1.29 is 17.6 Å². The Kier molecular flexibility index (Phi) is 8.91. The summed E-state index contributed by atoms with van der Waals surface area (Å²) in [7, 11) is 0. The van der Waals surface area contributed by atoms with Crippen molar-refractivity contribution in [3.05, 3.63) is 35.6 Å². The van der Waals surface area contributed by atoms with Crippen molar-refractivity contribution >= 4 is 29.9 Å². The number of aliphatic imine (C=N–C) groups is 1. The minimum Gasteiger partial charge on any atom is -0.357 e. The Morgan fingerprint density at radius 2 is 2.12 bits per heavy atom. The largest absolute Gasteiger partial charge is 0.401 e. The molecule has 1 aliphatic rings. The van der Waals surface area contributed by atoms with Crippen LogP contribution in [0.15, 0.2) is 29.3 Å². The molecule has 0 aliphatic carbocycles. The van der Waals surface area contributed by atoms with Crippen LogP contribution in [0.4, 0.5) is 17.6 Å². The number of alkyl halides is 3. The number of hydrogen-bond acceptors (Lipinski definition) is 2. The number of guanidine groups is 1. The van der Waals surface area contributed by atoms with Crippen molar-refractivity contribution in [1.82, 2.24) is 15.5 Å². The normalized spacial score (nSPS) is 18.8. The minimum atomic E-state index is -4.18. The zero-order valence-electron chi connectivity index (χ0n) is 13.9. The molecule has 25 heavy (non-hydrogen) atoms. The van der Waals surface area contributed by atoms with Gasteiger partial charge < -0.3 is 10.6 Å². The highest BCUT2D eigenvalue weighted by molar-refractivity contribution is 14.0. The number of likely N-dealkylation sites (tertiary alicyclic amines) is 1. The van der Waals surface area contributed by atoms with Gasteiger partial charge in [-0.05, 0) is 31.0 Å². The molecule has 0 spiro atoms. The van der Waals surface area contributed by atoms with Crippen LogP contribution in [0.2, 0.25) is 0 Å². The van der Waals surface area contributed by atoms with E-state index in [4.69, 9.17) is 0 Å². The van der Waals surface area contributed by atoms with Crippen LogP contribution in [-0.2, 0) is 6.54 Å². The quantitative estimate of drug-likeness (QED) is 0.298. The fourth-order valence-corrected chi connectivity index (χ4v) is 2.67. The molecular weight excluding hydrogens is 451 g/mol. The SMILES string of the molecule is CCNC(=NCc1cccc(F)c1)NC1CCN(CC(F)(F)F)C1.I. The fraction of sp³-hybridized carbons (Fsp3) is 0.562. The number of benzene rings is 1. The summed E-state index contributed by atoms with van der Waals surface area (Å²) >= 11 is 0. The van der Waals surface area contributed by atoms with E-state index in [9.17, 15) is 17.6 Å². The van der Waals surface area contributed by atoms with Crippen LogP contribution in [-0.4, -0.2) is 49.3 Å². The molecule has 1 fully saturated rings. The Morgan fingerprint density at radius 3 is 2.76 bits per heavy atom. The Hall–Kier alpha value is -1.10. The third-order valence-electron chi connectivity index (χ3n) is 3.67. The standard InChI is InChI=1S/C16H22F4N4.HI/c1-2-21-15(22-9-12-4-3-5-13(17)8-12)23-14-6-7-24(10-14)11-16(18,19)20;/h3-5,8,14H,2,6-7,9-11H2,1H3,(H2,21,22,23);1H. The van der Waals surface area contributed by atoms with Crippen molar-refractivity contribution in [3.63, 3.8) is 0 Å². The highest BCUT2D eigenvalue weighted by Crippen LogP contribution is 2.19. The maximum absolute atomic E-state index is 13.2. The maximum atomic E-state index is 13.2. The summed E-state index contributed by atoms with van der Waals surface area (Å²) in [5, 5.41) is 6.22. The smallest absolute Gasteiger partial charge is 0.357 e. The molecule has 0 amide bonds. The summed E-state index contributed by atoms with van der Waals surface area (Å²) in [5.41, 5.74) is 0.734. The van der Waals surface area contributed by atoms with Gasteiger partial charge in [-0.3, -0.25) is 4.90 Å². The number of halogens is 5. The Labute approximate surface area is 162 Å². The van der Waals surface area contributed by atoms with Crippen molar-refractivity contribution in [2.45, 2.75) is 32.1 Å². The van der Waals surface area contributed by atoms with Gasteiger partial charge in [0.2, 0.25) is 0 Å². The van der Waals surface area contributed by atoms with Crippen LogP contribution in [0, 0.1) is 5.82 Å². The molecule has 2 rings (SSSR count). The molecule has 1 aromatic rings. The van der Waals surface area contributed by atoms with E-state index >= 15 is 0 Å². The summed E-state index contributed by atoms with van der Waals surface area (Å²) < 4.78 is 50.5. The van der Waals surface area contributed by atoms with Crippen LogP contribution < -0.4 is 10.6 Å². The monoisotopic (exact) mass is 474 g/mol. The predicted molar refractivity (Wildman–Crippen MR) is 101 cm³/mol. The molecule has 1 atom stereocenters. The predicted octanol–water partition coefficient (Wildman–Crippen LogP) is 3.14. The number of hydrogen-bond donors (Lipinski definition) is 2. The van der Waals surface area contributed by atoms with Crippen LogP contribution in [0.1, 0.15) is 18.9 Å². The zero-order chi connectivity index (χ0) is 17.6. The molecule has 2 N–H and O–H groups in total. The van der Waals surface area contributed by atoms with Crippen molar-refractivity contribution in [1.29, 1.82) is 0 Å². The second-order valence-corrected chi connectivity index (χ2v) is 5.81. The summed E-state index contributed by atoms with van der Waals surface area (Å²) in [6, 6.07) is 6.08. The van der Waals surface area contributed by atoms with E-state index in [0.29, 0.717) is 38.6 Å². The van der Waals surface area contributed by atoms with E-state index in [1.165, 1.54) is 17.0 Å². The van der Waals surface area contributed by atoms with Crippen LogP contribution >= 0.6 is 24.0 Å². The first-order valence-corrected chi connectivity index (χ1v) is 7.94. The van der Waals surface area contributed by atoms with E-state index in [0.717, 1.165) is 5.56 Å². The van der Waals surface area contributed by atoms with Gasteiger partial charge in [-0.15, -0.1) is 24.0 Å². The lowest BCUT2D eigenvalue weighted by Crippen LogP contribution is -2.45. The van der Waals surface area contributed by atoms with Gasteiger partial charge in [-0.25, -0.2) is 9.38 Å². The average Bonchev–Trinajstić information content (AvgIpc) is 2.90. The van der Waals surface area contributed by atoms with Gasteiger partial charge in [-0.1, -0.05) is 12.1 Å². The number of rotatable bonds is 5. The lowest BCUT2D eigenvalue weighted by Gasteiger charge is -2.19. The molecule has 1 aromatic carbocycles. The van der Waals surface area contributed by atoms with Gasteiger partial charge in [0.25, 0.3) is 0 Å². The molecule has 9 heteroatoms. The molecule has 142 valence electrons. The van der Waals surface area contributed by atoms with Gasteiger partial charge in [0.1, 0.15) is 5.82 Å². The summed E-state index contributed by atoms with van der Waals surface area (Å²) in [6.07, 6.45) is -3.55. The Morgan fingerprint density at radius 1 is 1.36 bits per heavy atom. The average molecular weight is 474 g/mol. The molecule has 1 unspecified atom stereocenters. The van der Waals surface area contributed by atoms with E-state index < -0.39 is 12.7 Å². The van der Waals surface area contributed by atoms with Gasteiger partial charge >= 0.3 is 6.18 Å². The van der Waals surface area contributed by atoms with E-state index in [-0.39, 0.29) is 35.8 Å². The molecule has 1 heterocycles. The highest BCUT2D eigenvalue weighted by Gasteiger charge is 2.34. The molecule has 1 aliphatic heterocycles. The fourth-order valence-electron chi connectivity index (χ4n) is 2.67. The minimum absolute atomic E-state index is 0. The van der Waals surface area contributed by atoms with Gasteiger partial charge in [0, 0.05) is 25.7 Å². The highest BCUT2D eigenvalue weighted by atomic mass is 127. The van der Waals surface area contributed by atoms with E-state index in [2.05, 4.69) is 15.6 Å². The van der Waals surface area contributed by atoms with Crippen LogP contribution in [0.5, 0.6) is 0 Å². The van der Waals surface area contributed by atoms with E-state index in [1.54, 1.807) is 12.1 Å². The maximum Gasteiger partial charge on any atom is 0.401 e. The lowest BCUT2D eigenvalue weighted by atomic mass is 10.2. The molecule has 0 saturated carbocycles. The third kappa shape index (κ3) is 8.21. The second-order valence-electron chi connectivity index (χ2n) is 5.81. The third-order valence-corrected chi connectivity index (χ3v) is 3.67. The number of nitrogens with one attached hydrogen (secondary N) is 2. The summed E-state index contributed by atoms with van der Waals surface area (Å²) in [5.74, 6) is 0.208. The zero-order valence-corrected chi connectivity index (χ0v) is 16.3. The summed E-state index contributed by atoms with van der Waals surface area (Å²) in [4.78, 5) is 5.76. The van der Waals surface area contributed by atoms with Crippen molar-refractivity contribution in [3.8, 4) is 0 Å². The molecule has 0 aromatic heterocycles. The van der Waals surface area contributed by atoms with Gasteiger partial charge in [-0.2, -0.15) is 13.2 Å². The topological polar surface area (TPSA) is 39.7 Å². The first-order valence-electron chi connectivity index (χ1n) is 7.94. The van der Waals surface area contributed by atoms with Gasteiger partial charge in [0.05, 0.1) is 13.1 Å². The van der Waals surface area contributed by atoms with Crippen LogP contribution in [0.25, 0.3) is 0 Å². The van der Waals surface area contributed by atoms with E-state index in [1.807, 2.05) is 6.92 Å². The summed E-state index contributed by atoms with van der Waals surface area (Å²) in [6.45, 7) is 2.68. The number of nitrogens with zero attached hydrogens (tertiary/aromatic N) is 2. The van der Waals surface area contributed by atoms with Crippen molar-refractivity contribution in [2.75, 3.05) is 26.2 Å².